The van der Waals surface area contributed by atoms with Crippen molar-refractivity contribution in [2.24, 2.45) is 0 Å². The van der Waals surface area contributed by atoms with Gasteiger partial charge in [-0.05, 0) is 44.9 Å². The largest absolute Gasteiger partial charge is 0.496 e. The molecule has 1 aromatic heterocycles. The van der Waals surface area contributed by atoms with E-state index in [0.29, 0.717) is 19.7 Å². The van der Waals surface area contributed by atoms with Gasteiger partial charge in [-0.2, -0.15) is 0 Å². The number of amides is 1. The number of para-hydroxylation sites is 2. The Morgan fingerprint density at radius 1 is 1.07 bits per heavy atom. The molecule has 6 nitrogen and oxygen atoms in total. The van der Waals surface area contributed by atoms with Crippen molar-refractivity contribution in [3.63, 3.8) is 0 Å². The van der Waals surface area contributed by atoms with Gasteiger partial charge in [-0.25, -0.2) is 0 Å². The maximum absolute atomic E-state index is 13.1. The molecule has 0 aliphatic rings. The number of hydrogen-bond donors (Lipinski definition) is 3. The van der Waals surface area contributed by atoms with Crippen LogP contribution in [-0.2, 0) is 22.5 Å². The number of fused-ring (bicyclic) bond motifs is 1. The van der Waals surface area contributed by atoms with Crippen molar-refractivity contribution in [3.05, 3.63) is 65.9 Å². The molecule has 1 unspecified atom stereocenters. The Kier molecular flexibility index (Phi) is 7.13. The van der Waals surface area contributed by atoms with Crippen molar-refractivity contribution in [2.45, 2.75) is 45.4 Å². The molecule has 3 N–H and O–H groups in total. The fourth-order valence-electron chi connectivity index (χ4n) is 3.29. The Balaban J connectivity index is 1.71. The maximum atomic E-state index is 13.1. The molecule has 30 heavy (non-hydrogen) atoms. The van der Waals surface area contributed by atoms with Crippen molar-refractivity contribution in [2.75, 3.05) is 13.8 Å². The molecule has 6 heteroatoms. The molecule has 3 rings (SSSR count). The Hall–Kier alpha value is -2.83. The van der Waals surface area contributed by atoms with Crippen molar-refractivity contribution in [1.29, 1.82) is 0 Å². The molecule has 0 fully saturated rings. The number of aromatic nitrogens is 1. The van der Waals surface area contributed by atoms with E-state index in [0.717, 1.165) is 27.8 Å². The summed E-state index contributed by atoms with van der Waals surface area (Å²) in [6.45, 7) is 6.66. The van der Waals surface area contributed by atoms with Gasteiger partial charge in [-0.3, -0.25) is 10.1 Å². The van der Waals surface area contributed by atoms with Gasteiger partial charge in [0.25, 0.3) is 0 Å². The number of carbonyl (C=O) groups excluding carboxylic acids is 1. The molecule has 3 aromatic rings. The van der Waals surface area contributed by atoms with Crippen LogP contribution in [0.1, 0.15) is 31.9 Å². The van der Waals surface area contributed by atoms with Gasteiger partial charge >= 0.3 is 0 Å². The molecule has 0 aliphatic carbocycles. The first kappa shape index (κ1) is 21.9. The SMILES string of the molecule is COc1ccccc1CNC(=O)C(Cc1c[nH]c2ccccc12)NCOC(C)(C)C. The average Bonchev–Trinajstić information content (AvgIpc) is 3.13. The summed E-state index contributed by atoms with van der Waals surface area (Å²) in [5.74, 6) is 0.679. The molecule has 0 saturated heterocycles. The normalized spacial score (nSPS) is 12.7. The van der Waals surface area contributed by atoms with Crippen LogP contribution in [0.3, 0.4) is 0 Å². The number of carbonyl (C=O) groups is 1. The molecule has 0 bridgehead atoms. The zero-order chi connectivity index (χ0) is 21.6. The summed E-state index contributed by atoms with van der Waals surface area (Å²) in [5, 5.41) is 7.42. The van der Waals surface area contributed by atoms with Gasteiger partial charge in [0.1, 0.15) is 5.75 Å². The van der Waals surface area contributed by atoms with Crippen LogP contribution in [0.25, 0.3) is 10.9 Å². The molecule has 1 heterocycles. The van der Waals surface area contributed by atoms with E-state index in [2.05, 4.69) is 21.7 Å². The molecule has 0 spiro atoms. The van der Waals surface area contributed by atoms with Crippen LogP contribution < -0.4 is 15.4 Å². The molecule has 0 saturated carbocycles. The number of hydrogen-bond acceptors (Lipinski definition) is 4. The van der Waals surface area contributed by atoms with E-state index >= 15 is 0 Å². The summed E-state index contributed by atoms with van der Waals surface area (Å²) in [6, 6.07) is 15.4. The highest BCUT2D eigenvalue weighted by Crippen LogP contribution is 2.20. The van der Waals surface area contributed by atoms with Gasteiger partial charge in [-0.1, -0.05) is 36.4 Å². The van der Waals surface area contributed by atoms with E-state index in [1.54, 1.807) is 7.11 Å². The Bertz CT molecular complexity index is 975. The molecular weight excluding hydrogens is 378 g/mol. The van der Waals surface area contributed by atoms with Crippen molar-refractivity contribution in [3.8, 4) is 5.75 Å². The predicted octanol–water partition coefficient (Wildman–Crippen LogP) is 3.77. The second kappa shape index (κ2) is 9.78. The lowest BCUT2D eigenvalue weighted by Crippen LogP contribution is -2.47. The smallest absolute Gasteiger partial charge is 0.237 e. The molecule has 160 valence electrons. The summed E-state index contributed by atoms with van der Waals surface area (Å²) in [7, 11) is 1.63. The zero-order valence-corrected chi connectivity index (χ0v) is 18.1. The van der Waals surface area contributed by atoms with E-state index < -0.39 is 6.04 Å². The van der Waals surface area contributed by atoms with E-state index in [1.807, 2.05) is 69.4 Å². The van der Waals surface area contributed by atoms with Crippen LogP contribution in [0.15, 0.2) is 54.7 Å². The number of H-pyrrole nitrogens is 1. The second-order valence-corrected chi connectivity index (χ2v) is 8.25. The Morgan fingerprint density at radius 3 is 2.57 bits per heavy atom. The van der Waals surface area contributed by atoms with E-state index in [-0.39, 0.29) is 11.5 Å². The average molecular weight is 410 g/mol. The molecule has 2 aromatic carbocycles. The first-order valence-electron chi connectivity index (χ1n) is 10.2. The van der Waals surface area contributed by atoms with Gasteiger partial charge in [-0.15, -0.1) is 0 Å². The lowest BCUT2D eigenvalue weighted by Gasteiger charge is -2.23. The number of benzene rings is 2. The second-order valence-electron chi connectivity index (χ2n) is 8.25. The van der Waals surface area contributed by atoms with Crippen LogP contribution in [0, 0.1) is 0 Å². The summed E-state index contributed by atoms with van der Waals surface area (Å²) in [6.07, 6.45) is 2.52. The minimum Gasteiger partial charge on any atom is -0.496 e. The van der Waals surface area contributed by atoms with Crippen LogP contribution >= 0.6 is 0 Å². The van der Waals surface area contributed by atoms with Crippen molar-refractivity contribution in [1.82, 2.24) is 15.6 Å². The summed E-state index contributed by atoms with van der Waals surface area (Å²) in [4.78, 5) is 16.3. The highest BCUT2D eigenvalue weighted by Gasteiger charge is 2.21. The minimum absolute atomic E-state index is 0.0799. The molecular formula is C24H31N3O3. The highest BCUT2D eigenvalue weighted by atomic mass is 16.5. The van der Waals surface area contributed by atoms with Gasteiger partial charge in [0.2, 0.25) is 5.91 Å². The number of aromatic amines is 1. The first-order valence-corrected chi connectivity index (χ1v) is 10.2. The van der Waals surface area contributed by atoms with Crippen LogP contribution in [0.2, 0.25) is 0 Å². The number of nitrogens with one attached hydrogen (secondary N) is 3. The third-order valence-electron chi connectivity index (χ3n) is 4.90. The third kappa shape index (κ3) is 5.84. The number of ether oxygens (including phenoxy) is 2. The number of methoxy groups -OCH3 is 1. The summed E-state index contributed by atoms with van der Waals surface area (Å²) >= 11 is 0. The highest BCUT2D eigenvalue weighted by molar-refractivity contribution is 5.86. The maximum Gasteiger partial charge on any atom is 0.237 e. The van der Waals surface area contributed by atoms with Gasteiger partial charge in [0.05, 0.1) is 25.5 Å². The zero-order valence-electron chi connectivity index (χ0n) is 18.1. The van der Waals surface area contributed by atoms with E-state index in [1.165, 1.54) is 0 Å². The van der Waals surface area contributed by atoms with Gasteiger partial charge < -0.3 is 19.8 Å². The predicted molar refractivity (Wildman–Crippen MR) is 119 cm³/mol. The minimum atomic E-state index is -0.429. The fourth-order valence-corrected chi connectivity index (χ4v) is 3.29. The van der Waals surface area contributed by atoms with Crippen molar-refractivity contribution >= 4 is 16.8 Å². The van der Waals surface area contributed by atoms with Gasteiger partial charge in [0.15, 0.2) is 0 Å². The standard InChI is InChI=1S/C24H31N3O3/c1-24(2,3)30-16-27-21(13-18-15-25-20-11-7-6-10-19(18)20)23(28)26-14-17-9-5-8-12-22(17)29-4/h5-12,15,21,25,27H,13-14,16H2,1-4H3,(H,26,28). The van der Waals surface area contributed by atoms with Crippen LogP contribution in [0.5, 0.6) is 5.75 Å². The topological polar surface area (TPSA) is 75.4 Å². The molecule has 0 aliphatic heterocycles. The number of rotatable bonds is 9. The van der Waals surface area contributed by atoms with Gasteiger partial charge in [0, 0.05) is 29.2 Å². The first-order chi connectivity index (χ1) is 14.4. The quantitative estimate of drug-likeness (QED) is 0.470. The van der Waals surface area contributed by atoms with Crippen molar-refractivity contribution < 1.29 is 14.3 Å². The van der Waals surface area contributed by atoms with Crippen LogP contribution in [-0.4, -0.2) is 36.4 Å². The van der Waals surface area contributed by atoms with E-state index in [9.17, 15) is 4.79 Å². The van der Waals surface area contributed by atoms with Crippen LogP contribution in [0.4, 0.5) is 0 Å². The Labute approximate surface area is 178 Å². The lowest BCUT2D eigenvalue weighted by molar-refractivity contribution is -0.124. The lowest BCUT2D eigenvalue weighted by atomic mass is 10.0. The third-order valence-corrected chi connectivity index (χ3v) is 4.90. The van der Waals surface area contributed by atoms with E-state index in [4.69, 9.17) is 9.47 Å². The molecule has 0 radical (unpaired) electrons. The molecule has 1 amide bonds. The molecule has 1 atom stereocenters. The monoisotopic (exact) mass is 409 g/mol. The summed E-state index contributed by atoms with van der Waals surface area (Å²) in [5.41, 5.74) is 2.80. The fraction of sp³-hybridized carbons (Fsp3) is 0.375. The Morgan fingerprint density at radius 2 is 1.80 bits per heavy atom. The summed E-state index contributed by atoms with van der Waals surface area (Å²) < 4.78 is 11.2.